The number of hydrogen-bond donors (Lipinski definition) is 2. The van der Waals surface area contributed by atoms with Gasteiger partial charge in [0.25, 0.3) is 0 Å². The highest BCUT2D eigenvalue weighted by molar-refractivity contribution is 6.52. The van der Waals surface area contributed by atoms with Crippen LogP contribution in [0.3, 0.4) is 0 Å². The molecule has 0 radical (unpaired) electrons. The van der Waals surface area contributed by atoms with E-state index < -0.39 is 5.97 Å². The van der Waals surface area contributed by atoms with Crippen molar-refractivity contribution in [2.75, 3.05) is 11.4 Å². The molecule has 0 saturated heterocycles. The number of allylic oxidation sites excluding steroid dienone is 2. The van der Waals surface area contributed by atoms with Crippen LogP contribution in [0.15, 0.2) is 88.0 Å². The minimum Gasteiger partial charge on any atom is -0.478 e. The molecule has 0 fully saturated rings. The van der Waals surface area contributed by atoms with Gasteiger partial charge < -0.3 is 15.0 Å². The van der Waals surface area contributed by atoms with Gasteiger partial charge in [0.05, 0.1) is 17.4 Å². The molecule has 0 amide bonds. The lowest BCUT2D eigenvalue weighted by molar-refractivity contribution is -0.132. The number of aliphatic imine (C=N–C) groups is 2. The zero-order valence-corrected chi connectivity index (χ0v) is 17.5. The third-order valence-corrected chi connectivity index (χ3v) is 6.37. The van der Waals surface area contributed by atoms with Gasteiger partial charge in [-0.1, -0.05) is 36.4 Å². The number of fused-ring (bicyclic) bond motifs is 3. The number of carboxylic acids is 1. The van der Waals surface area contributed by atoms with Crippen LogP contribution in [-0.4, -0.2) is 40.2 Å². The van der Waals surface area contributed by atoms with Crippen LogP contribution in [0, 0.1) is 0 Å². The number of H-pyrrole nitrogens is 1. The molecule has 2 aliphatic heterocycles. The molecule has 3 heterocycles. The van der Waals surface area contributed by atoms with Crippen molar-refractivity contribution in [2.45, 2.75) is 25.3 Å². The number of anilines is 1. The standard InChI is InChI=1S/C26H22N4O2/c31-26(32)18-11-12-20-21(15-18)29-25(30-13-5-8-16-6-2-4-10-23(16)30)24(28-20)22-14-17-7-1-3-9-19(17)27-22/h1-4,6-7,9-12,14,21,27H,5,8,13,15H2,(H,31,32). The fourth-order valence-electron chi connectivity index (χ4n) is 4.78. The molecule has 0 spiro atoms. The summed E-state index contributed by atoms with van der Waals surface area (Å²) in [5.41, 5.74) is 6.39. The van der Waals surface area contributed by atoms with Crippen LogP contribution >= 0.6 is 0 Å². The second kappa shape index (κ2) is 7.34. The smallest absolute Gasteiger partial charge is 0.331 e. The van der Waals surface area contributed by atoms with Crippen molar-refractivity contribution in [1.82, 2.24) is 4.98 Å². The number of amidine groups is 1. The number of para-hydroxylation sites is 2. The quantitative estimate of drug-likeness (QED) is 0.639. The summed E-state index contributed by atoms with van der Waals surface area (Å²) in [6, 6.07) is 18.4. The van der Waals surface area contributed by atoms with Gasteiger partial charge in [0.1, 0.15) is 5.71 Å². The summed E-state index contributed by atoms with van der Waals surface area (Å²) in [7, 11) is 0. The lowest BCUT2D eigenvalue weighted by Gasteiger charge is -2.35. The van der Waals surface area contributed by atoms with E-state index in [0.29, 0.717) is 12.0 Å². The number of nitrogens with zero attached hydrogens (tertiary/aromatic N) is 3. The first-order valence-electron chi connectivity index (χ1n) is 10.9. The molecule has 1 unspecified atom stereocenters. The van der Waals surface area contributed by atoms with E-state index in [1.807, 2.05) is 12.1 Å². The predicted molar refractivity (Wildman–Crippen MR) is 127 cm³/mol. The predicted octanol–water partition coefficient (Wildman–Crippen LogP) is 4.49. The summed E-state index contributed by atoms with van der Waals surface area (Å²) in [5.74, 6) is -0.0942. The minimum atomic E-state index is -0.897. The number of hydrogen-bond acceptors (Lipinski definition) is 4. The molecule has 2 aromatic carbocycles. The summed E-state index contributed by atoms with van der Waals surface area (Å²) >= 11 is 0. The van der Waals surface area contributed by atoms with E-state index in [9.17, 15) is 9.90 Å². The zero-order chi connectivity index (χ0) is 21.7. The van der Waals surface area contributed by atoms with Crippen LogP contribution in [0.1, 0.15) is 24.1 Å². The van der Waals surface area contributed by atoms with Crippen molar-refractivity contribution >= 4 is 34.1 Å². The van der Waals surface area contributed by atoms with E-state index in [0.717, 1.165) is 58.9 Å². The van der Waals surface area contributed by atoms with Gasteiger partial charge in [-0.05, 0) is 48.8 Å². The third-order valence-electron chi connectivity index (χ3n) is 6.37. The van der Waals surface area contributed by atoms with E-state index in [4.69, 9.17) is 9.98 Å². The molecular formula is C26H22N4O2. The van der Waals surface area contributed by atoms with Crippen LogP contribution in [0.5, 0.6) is 0 Å². The molecule has 32 heavy (non-hydrogen) atoms. The third kappa shape index (κ3) is 3.07. The Morgan fingerprint density at radius 2 is 1.94 bits per heavy atom. The summed E-state index contributed by atoms with van der Waals surface area (Å²) < 4.78 is 0. The second-order valence-corrected chi connectivity index (χ2v) is 8.38. The molecule has 3 aliphatic rings. The Morgan fingerprint density at radius 1 is 1.09 bits per heavy atom. The molecule has 158 valence electrons. The number of nitrogens with one attached hydrogen (secondary N) is 1. The average Bonchev–Trinajstić information content (AvgIpc) is 3.26. The Kier molecular flexibility index (Phi) is 4.31. The number of aromatic amines is 1. The van der Waals surface area contributed by atoms with Crippen molar-refractivity contribution in [3.8, 4) is 0 Å². The lowest BCUT2D eigenvalue weighted by Crippen LogP contribution is -2.43. The number of carboxylic acid groups (broad SMARTS) is 1. The van der Waals surface area contributed by atoms with E-state index in [1.54, 1.807) is 12.2 Å². The van der Waals surface area contributed by atoms with Gasteiger partial charge >= 0.3 is 5.97 Å². The largest absolute Gasteiger partial charge is 0.478 e. The second-order valence-electron chi connectivity index (χ2n) is 8.38. The van der Waals surface area contributed by atoms with E-state index in [1.165, 1.54) is 5.56 Å². The van der Waals surface area contributed by atoms with Crippen molar-refractivity contribution in [2.24, 2.45) is 9.98 Å². The normalized spacial score (nSPS) is 20.0. The first-order valence-corrected chi connectivity index (χ1v) is 10.9. The van der Waals surface area contributed by atoms with E-state index >= 15 is 0 Å². The fourth-order valence-corrected chi connectivity index (χ4v) is 4.78. The highest BCUT2D eigenvalue weighted by Gasteiger charge is 2.33. The molecule has 1 atom stereocenters. The van der Waals surface area contributed by atoms with Crippen molar-refractivity contribution in [1.29, 1.82) is 0 Å². The van der Waals surface area contributed by atoms with Gasteiger partial charge in [0.2, 0.25) is 0 Å². The molecular weight excluding hydrogens is 400 g/mol. The number of carbonyl (C=O) groups is 1. The number of aryl methyl sites for hydroxylation is 1. The first kappa shape index (κ1) is 18.8. The van der Waals surface area contributed by atoms with Gasteiger partial charge in [0, 0.05) is 35.1 Å². The van der Waals surface area contributed by atoms with E-state index in [2.05, 4.69) is 52.3 Å². The lowest BCUT2D eigenvalue weighted by atomic mass is 9.95. The van der Waals surface area contributed by atoms with Gasteiger partial charge in [0.15, 0.2) is 5.84 Å². The van der Waals surface area contributed by atoms with Crippen LogP contribution in [0.4, 0.5) is 5.69 Å². The van der Waals surface area contributed by atoms with Crippen LogP contribution in [0.2, 0.25) is 0 Å². The zero-order valence-electron chi connectivity index (χ0n) is 17.5. The molecule has 0 bridgehead atoms. The summed E-state index contributed by atoms with van der Waals surface area (Å²) in [4.78, 5) is 27.5. The average molecular weight is 422 g/mol. The Morgan fingerprint density at radius 3 is 2.81 bits per heavy atom. The number of rotatable bonds is 2. The number of aromatic nitrogens is 1. The minimum absolute atomic E-state index is 0.289. The monoisotopic (exact) mass is 422 g/mol. The van der Waals surface area contributed by atoms with Gasteiger partial charge in [-0.2, -0.15) is 0 Å². The Hall–Kier alpha value is -3.93. The number of aliphatic carboxylic acids is 1. The Balaban J connectivity index is 1.51. The molecule has 2 N–H and O–H groups in total. The molecule has 1 aromatic heterocycles. The maximum atomic E-state index is 11.6. The Bertz CT molecular complexity index is 1340. The maximum Gasteiger partial charge on any atom is 0.331 e. The van der Waals surface area contributed by atoms with Crippen LogP contribution < -0.4 is 4.90 Å². The fraction of sp³-hybridized carbons (Fsp3) is 0.192. The van der Waals surface area contributed by atoms with Crippen LogP contribution in [0.25, 0.3) is 10.9 Å². The summed E-state index contributed by atoms with van der Waals surface area (Å²) in [6.07, 6.45) is 5.87. The molecule has 6 nitrogen and oxygen atoms in total. The highest BCUT2D eigenvalue weighted by atomic mass is 16.4. The van der Waals surface area contributed by atoms with Gasteiger partial charge in [-0.25, -0.2) is 9.79 Å². The molecule has 1 aliphatic carbocycles. The van der Waals surface area contributed by atoms with Crippen molar-refractivity contribution in [3.05, 3.63) is 89.3 Å². The van der Waals surface area contributed by atoms with Crippen LogP contribution in [-0.2, 0) is 11.2 Å². The summed E-state index contributed by atoms with van der Waals surface area (Å²) in [6.45, 7) is 0.850. The van der Waals surface area contributed by atoms with Crippen molar-refractivity contribution < 1.29 is 9.90 Å². The van der Waals surface area contributed by atoms with Crippen molar-refractivity contribution in [3.63, 3.8) is 0 Å². The molecule has 6 heteroatoms. The Labute approximate surface area is 185 Å². The van der Waals surface area contributed by atoms with Gasteiger partial charge in [-0.3, -0.25) is 4.99 Å². The molecule has 6 rings (SSSR count). The molecule has 3 aromatic rings. The van der Waals surface area contributed by atoms with E-state index in [-0.39, 0.29) is 6.04 Å². The SMILES string of the molecule is O=C(O)C1=CC=C2N=C(c3cc4ccccc4[nH]3)C(N3CCCc4ccccc43)=NC2C1. The summed E-state index contributed by atoms with van der Waals surface area (Å²) in [5, 5.41) is 10.6. The molecule has 0 saturated carbocycles. The van der Waals surface area contributed by atoms with Gasteiger partial charge in [-0.15, -0.1) is 0 Å². The number of benzene rings is 2. The maximum absolute atomic E-state index is 11.6. The first-order chi connectivity index (χ1) is 15.7. The highest BCUT2D eigenvalue weighted by Crippen LogP contribution is 2.33. The topological polar surface area (TPSA) is 81.0 Å².